The average Bonchev–Trinajstić information content (AvgIpc) is 2.92. The van der Waals surface area contributed by atoms with Crippen LogP contribution in [0.25, 0.3) is 0 Å². The molecule has 5 nitrogen and oxygen atoms in total. The third-order valence-electron chi connectivity index (χ3n) is 3.58. The van der Waals surface area contributed by atoms with Crippen molar-refractivity contribution in [2.24, 2.45) is 11.8 Å². The van der Waals surface area contributed by atoms with E-state index in [2.05, 4.69) is 4.72 Å². The SMILES string of the molecule is CC(CC(=O)NS(=O)(=O)N1CCCC1)C1CC1. The van der Waals surface area contributed by atoms with E-state index in [4.69, 9.17) is 0 Å². The summed E-state index contributed by atoms with van der Waals surface area (Å²) in [6.07, 6.45) is 4.43. The van der Waals surface area contributed by atoms with Crippen molar-refractivity contribution in [2.75, 3.05) is 13.1 Å². The molecule has 1 saturated carbocycles. The molecule has 17 heavy (non-hydrogen) atoms. The lowest BCUT2D eigenvalue weighted by Gasteiger charge is -2.17. The van der Waals surface area contributed by atoms with Crippen molar-refractivity contribution in [1.82, 2.24) is 9.03 Å². The van der Waals surface area contributed by atoms with Gasteiger partial charge in [0.2, 0.25) is 5.91 Å². The smallest absolute Gasteiger partial charge is 0.274 e. The molecule has 2 rings (SSSR count). The fourth-order valence-corrected chi connectivity index (χ4v) is 3.54. The van der Waals surface area contributed by atoms with Crippen LogP contribution >= 0.6 is 0 Å². The molecule has 1 heterocycles. The molecule has 1 saturated heterocycles. The Labute approximate surface area is 103 Å². The van der Waals surface area contributed by atoms with E-state index in [9.17, 15) is 13.2 Å². The summed E-state index contributed by atoms with van der Waals surface area (Å²) >= 11 is 0. The summed E-state index contributed by atoms with van der Waals surface area (Å²) in [7, 11) is -3.58. The van der Waals surface area contributed by atoms with E-state index in [1.165, 1.54) is 17.1 Å². The summed E-state index contributed by atoms with van der Waals surface area (Å²) in [5, 5.41) is 0. The van der Waals surface area contributed by atoms with Gasteiger partial charge in [0.25, 0.3) is 0 Å². The molecular formula is C11H20N2O3S. The van der Waals surface area contributed by atoms with Gasteiger partial charge in [0, 0.05) is 19.5 Å². The van der Waals surface area contributed by atoms with Crippen molar-refractivity contribution < 1.29 is 13.2 Å². The molecule has 0 aromatic carbocycles. The number of hydrogen-bond donors (Lipinski definition) is 1. The van der Waals surface area contributed by atoms with Crippen molar-refractivity contribution in [3.05, 3.63) is 0 Å². The Balaban J connectivity index is 1.84. The van der Waals surface area contributed by atoms with Gasteiger partial charge in [-0.15, -0.1) is 0 Å². The molecule has 1 amide bonds. The van der Waals surface area contributed by atoms with E-state index in [-0.39, 0.29) is 5.91 Å². The monoisotopic (exact) mass is 260 g/mol. The highest BCUT2D eigenvalue weighted by atomic mass is 32.2. The van der Waals surface area contributed by atoms with Crippen molar-refractivity contribution >= 4 is 16.1 Å². The second-order valence-corrected chi connectivity index (χ2v) is 6.83. The highest BCUT2D eigenvalue weighted by Gasteiger charge is 2.31. The lowest BCUT2D eigenvalue weighted by atomic mass is 10.0. The number of carbonyl (C=O) groups is 1. The highest BCUT2D eigenvalue weighted by molar-refractivity contribution is 7.87. The van der Waals surface area contributed by atoms with Crippen molar-refractivity contribution in [3.63, 3.8) is 0 Å². The first kappa shape index (κ1) is 12.8. The van der Waals surface area contributed by atoms with E-state index in [1.807, 2.05) is 6.92 Å². The fourth-order valence-electron chi connectivity index (χ4n) is 2.30. The second-order valence-electron chi connectivity index (χ2n) is 5.16. The quantitative estimate of drug-likeness (QED) is 0.798. The molecule has 2 fully saturated rings. The molecule has 0 aromatic heterocycles. The Morgan fingerprint density at radius 1 is 1.35 bits per heavy atom. The summed E-state index contributed by atoms with van der Waals surface area (Å²) in [5.41, 5.74) is 0. The predicted molar refractivity (Wildman–Crippen MR) is 64.4 cm³/mol. The number of nitrogens with one attached hydrogen (secondary N) is 1. The van der Waals surface area contributed by atoms with Crippen LogP contribution in [0.15, 0.2) is 0 Å². The lowest BCUT2D eigenvalue weighted by molar-refractivity contribution is -0.120. The van der Waals surface area contributed by atoms with Gasteiger partial charge < -0.3 is 0 Å². The summed E-state index contributed by atoms with van der Waals surface area (Å²) in [4.78, 5) is 11.6. The first-order valence-corrected chi connectivity index (χ1v) is 7.74. The van der Waals surface area contributed by atoms with E-state index in [0.717, 1.165) is 12.8 Å². The maximum Gasteiger partial charge on any atom is 0.303 e. The molecule has 1 aliphatic heterocycles. The number of rotatable bonds is 5. The van der Waals surface area contributed by atoms with Gasteiger partial charge in [-0.3, -0.25) is 4.79 Å². The minimum absolute atomic E-state index is 0.295. The molecule has 1 unspecified atom stereocenters. The zero-order valence-electron chi connectivity index (χ0n) is 10.2. The Kier molecular flexibility index (Phi) is 3.73. The number of amides is 1. The lowest BCUT2D eigenvalue weighted by Crippen LogP contribution is -2.42. The number of hydrogen-bond acceptors (Lipinski definition) is 3. The molecule has 0 bridgehead atoms. The van der Waals surface area contributed by atoms with Crippen LogP contribution in [-0.2, 0) is 15.0 Å². The van der Waals surface area contributed by atoms with Crippen LogP contribution in [0.2, 0.25) is 0 Å². The predicted octanol–water partition coefficient (Wildman–Crippen LogP) is 0.879. The molecule has 0 spiro atoms. The largest absolute Gasteiger partial charge is 0.303 e. The molecule has 2 aliphatic rings. The number of carbonyl (C=O) groups excluding carboxylic acids is 1. The van der Waals surface area contributed by atoms with Crippen LogP contribution in [0.4, 0.5) is 0 Å². The summed E-state index contributed by atoms with van der Waals surface area (Å²) in [6, 6.07) is 0. The van der Waals surface area contributed by atoms with E-state index in [0.29, 0.717) is 31.3 Å². The highest BCUT2D eigenvalue weighted by Crippen LogP contribution is 2.38. The Morgan fingerprint density at radius 2 is 1.94 bits per heavy atom. The zero-order chi connectivity index (χ0) is 12.5. The van der Waals surface area contributed by atoms with Crippen molar-refractivity contribution in [3.8, 4) is 0 Å². The molecule has 1 atom stereocenters. The van der Waals surface area contributed by atoms with Gasteiger partial charge in [-0.2, -0.15) is 12.7 Å². The van der Waals surface area contributed by atoms with Gasteiger partial charge in [0.15, 0.2) is 0 Å². The first-order chi connectivity index (χ1) is 7.99. The average molecular weight is 260 g/mol. The van der Waals surface area contributed by atoms with Gasteiger partial charge >= 0.3 is 10.2 Å². The number of nitrogens with zero attached hydrogens (tertiary/aromatic N) is 1. The Morgan fingerprint density at radius 3 is 2.47 bits per heavy atom. The molecule has 0 aromatic rings. The zero-order valence-corrected chi connectivity index (χ0v) is 11.0. The molecule has 98 valence electrons. The van der Waals surface area contributed by atoms with Crippen LogP contribution in [0, 0.1) is 11.8 Å². The standard InChI is InChI=1S/C11H20N2O3S/c1-9(10-4-5-10)8-11(14)12-17(15,16)13-6-2-3-7-13/h9-10H,2-8H2,1H3,(H,12,14). The van der Waals surface area contributed by atoms with Gasteiger partial charge in [-0.1, -0.05) is 6.92 Å². The minimum Gasteiger partial charge on any atom is -0.274 e. The van der Waals surface area contributed by atoms with Crippen LogP contribution in [0.1, 0.15) is 39.0 Å². The Bertz CT molecular complexity index is 384. The van der Waals surface area contributed by atoms with Crippen molar-refractivity contribution in [2.45, 2.75) is 39.0 Å². The molecule has 1 N–H and O–H groups in total. The summed E-state index contributed by atoms with van der Waals surface area (Å²) in [6.45, 7) is 3.07. The van der Waals surface area contributed by atoms with Gasteiger partial charge in [-0.25, -0.2) is 4.72 Å². The van der Waals surface area contributed by atoms with E-state index in [1.54, 1.807) is 0 Å². The molecule has 0 radical (unpaired) electrons. The molecule has 1 aliphatic carbocycles. The fraction of sp³-hybridized carbons (Fsp3) is 0.909. The Hall–Kier alpha value is -0.620. The van der Waals surface area contributed by atoms with E-state index >= 15 is 0 Å². The maximum absolute atomic E-state index is 11.8. The van der Waals surface area contributed by atoms with Gasteiger partial charge in [0.1, 0.15) is 0 Å². The summed E-state index contributed by atoms with van der Waals surface area (Å²) < 4.78 is 27.1. The topological polar surface area (TPSA) is 66.5 Å². The van der Waals surface area contributed by atoms with Gasteiger partial charge in [0.05, 0.1) is 0 Å². The molecular weight excluding hydrogens is 240 g/mol. The maximum atomic E-state index is 11.8. The second kappa shape index (κ2) is 4.94. The third kappa shape index (κ3) is 3.42. The van der Waals surface area contributed by atoms with Gasteiger partial charge in [-0.05, 0) is 37.5 Å². The minimum atomic E-state index is -3.58. The normalized spacial score (nSPS) is 23.6. The van der Waals surface area contributed by atoms with Crippen LogP contribution in [-0.4, -0.2) is 31.7 Å². The summed E-state index contributed by atoms with van der Waals surface area (Å²) in [5.74, 6) is 0.551. The van der Waals surface area contributed by atoms with Crippen LogP contribution in [0.3, 0.4) is 0 Å². The van der Waals surface area contributed by atoms with Crippen molar-refractivity contribution in [1.29, 1.82) is 0 Å². The first-order valence-electron chi connectivity index (χ1n) is 6.30. The van der Waals surface area contributed by atoms with Crippen LogP contribution < -0.4 is 4.72 Å². The molecule has 6 heteroatoms. The third-order valence-corrected chi connectivity index (χ3v) is 5.11. The van der Waals surface area contributed by atoms with E-state index < -0.39 is 10.2 Å². The van der Waals surface area contributed by atoms with Crippen LogP contribution in [0.5, 0.6) is 0 Å².